The molecule has 0 aliphatic rings. The Morgan fingerprint density at radius 2 is 2.00 bits per heavy atom. The molecule has 60 valence electrons. The summed E-state index contributed by atoms with van der Waals surface area (Å²) in [5.74, 6) is 0. The van der Waals surface area contributed by atoms with Gasteiger partial charge in [0.05, 0.1) is 0 Å². The molecule has 0 radical (unpaired) electrons. The van der Waals surface area contributed by atoms with Crippen molar-refractivity contribution in [3.05, 3.63) is 35.9 Å². The van der Waals surface area contributed by atoms with Crippen molar-refractivity contribution in [1.29, 1.82) is 0 Å². The van der Waals surface area contributed by atoms with Gasteiger partial charge in [-0.05, 0) is 0 Å². The van der Waals surface area contributed by atoms with Crippen LogP contribution in [0.3, 0.4) is 0 Å². The molecule has 1 N–H and O–H groups in total. The average Bonchev–Trinajstić information content (AvgIpc) is 2.03. The van der Waals surface area contributed by atoms with Crippen LogP contribution in [-0.2, 0) is 14.3 Å². The zero-order chi connectivity index (χ0) is 8.10. The molecule has 0 aliphatic heterocycles. The van der Waals surface area contributed by atoms with Gasteiger partial charge in [-0.3, -0.25) is 0 Å². The van der Waals surface area contributed by atoms with Crippen LogP contribution in [0.15, 0.2) is 30.3 Å². The van der Waals surface area contributed by atoms with Crippen LogP contribution in [0, 0.1) is 0 Å². The first-order valence-electron chi connectivity index (χ1n) is 3.07. The zero-order valence-electron chi connectivity index (χ0n) is 5.77. The molecule has 1 aromatic rings. The molecule has 0 fully saturated rings. The first kappa shape index (κ1) is 8.56. The van der Waals surface area contributed by atoms with Crippen LogP contribution in [0.2, 0.25) is 0 Å². The summed E-state index contributed by atoms with van der Waals surface area (Å²) in [4.78, 5) is 0. The molecule has 4 heteroatoms. The summed E-state index contributed by atoms with van der Waals surface area (Å²) < 4.78 is 23.1. The number of hydrogen-bond donors (Lipinski definition) is 1. The number of hydrogen-bond acceptors (Lipinski definition) is 2. The van der Waals surface area contributed by atoms with Gasteiger partial charge in [0, 0.05) is 0 Å². The summed E-state index contributed by atoms with van der Waals surface area (Å²) in [6, 6.07) is 9.28. The van der Waals surface area contributed by atoms with Gasteiger partial charge in [-0.1, -0.05) is 0 Å². The molecule has 0 amide bonds. The standard InChI is InChI=1S/C7H8O3Se/c8-11(9)10-6-7-4-2-1-3-5-7/h1-5H,6H2,(H,8,9). The van der Waals surface area contributed by atoms with E-state index >= 15 is 0 Å². The quantitative estimate of drug-likeness (QED) is 0.757. The Morgan fingerprint density at radius 3 is 2.55 bits per heavy atom. The van der Waals surface area contributed by atoms with Gasteiger partial charge in [0.15, 0.2) is 0 Å². The van der Waals surface area contributed by atoms with E-state index < -0.39 is 14.5 Å². The molecular formula is C7H8O3Se. The zero-order valence-corrected chi connectivity index (χ0v) is 7.48. The summed E-state index contributed by atoms with van der Waals surface area (Å²) in [5.41, 5.74) is 0.908. The van der Waals surface area contributed by atoms with E-state index in [0.29, 0.717) is 0 Å². The summed E-state index contributed by atoms with van der Waals surface area (Å²) in [6.45, 7) is 0.214. The Labute approximate surface area is 69.4 Å². The molecule has 1 unspecified atom stereocenters. The van der Waals surface area contributed by atoms with Crippen molar-refractivity contribution in [3.63, 3.8) is 0 Å². The van der Waals surface area contributed by atoms with Crippen molar-refractivity contribution in [3.8, 4) is 0 Å². The molecule has 3 nitrogen and oxygen atoms in total. The van der Waals surface area contributed by atoms with Gasteiger partial charge in [0.2, 0.25) is 0 Å². The molecule has 11 heavy (non-hydrogen) atoms. The minimum atomic E-state index is -2.97. The van der Waals surface area contributed by atoms with Crippen LogP contribution in [0.4, 0.5) is 0 Å². The van der Waals surface area contributed by atoms with Crippen molar-refractivity contribution in [2.45, 2.75) is 6.61 Å². The molecule has 0 saturated carbocycles. The maximum atomic E-state index is 10.2. The molecule has 1 atom stereocenters. The molecular weight excluding hydrogens is 211 g/mol. The Bertz CT molecular complexity index is 235. The molecule has 0 bridgehead atoms. The molecule has 0 aliphatic carbocycles. The maximum absolute atomic E-state index is 10.2. The molecule has 0 aromatic heterocycles. The van der Waals surface area contributed by atoms with E-state index in [1.165, 1.54) is 0 Å². The van der Waals surface area contributed by atoms with E-state index in [4.69, 9.17) is 4.19 Å². The summed E-state index contributed by atoms with van der Waals surface area (Å²) in [7, 11) is 0. The second kappa shape index (κ2) is 4.36. The predicted octanol–water partition coefficient (Wildman–Crippen LogP) is 0.611. The van der Waals surface area contributed by atoms with Crippen molar-refractivity contribution in [2.75, 3.05) is 0 Å². The molecule has 0 heterocycles. The number of benzene rings is 1. The third-order valence-corrected chi connectivity index (χ3v) is 1.84. The molecule has 1 aromatic carbocycles. The van der Waals surface area contributed by atoms with Crippen molar-refractivity contribution >= 4 is 14.5 Å². The Kier molecular flexibility index (Phi) is 3.39. The van der Waals surface area contributed by atoms with Crippen molar-refractivity contribution < 1.29 is 11.8 Å². The Morgan fingerprint density at radius 1 is 1.36 bits per heavy atom. The van der Waals surface area contributed by atoms with Crippen LogP contribution >= 0.6 is 0 Å². The summed E-state index contributed by atoms with van der Waals surface area (Å²) in [6.07, 6.45) is 0. The first-order valence-corrected chi connectivity index (χ1v) is 5.23. The SMILES string of the molecule is O=[Se](O)OCc1ccccc1. The average molecular weight is 219 g/mol. The monoisotopic (exact) mass is 220 g/mol. The van der Waals surface area contributed by atoms with E-state index in [9.17, 15) is 3.83 Å². The van der Waals surface area contributed by atoms with Gasteiger partial charge < -0.3 is 0 Å². The van der Waals surface area contributed by atoms with Gasteiger partial charge in [-0.2, -0.15) is 0 Å². The Hall–Kier alpha value is -0.541. The van der Waals surface area contributed by atoms with Crippen LogP contribution in [0.1, 0.15) is 5.56 Å². The third-order valence-electron chi connectivity index (χ3n) is 1.17. The number of rotatable bonds is 3. The molecule has 1 rings (SSSR count). The van der Waals surface area contributed by atoms with Gasteiger partial charge in [-0.15, -0.1) is 0 Å². The van der Waals surface area contributed by atoms with E-state index in [2.05, 4.69) is 3.82 Å². The van der Waals surface area contributed by atoms with Gasteiger partial charge in [0.1, 0.15) is 0 Å². The van der Waals surface area contributed by atoms with Gasteiger partial charge in [0.25, 0.3) is 0 Å². The first-order chi connectivity index (χ1) is 5.29. The van der Waals surface area contributed by atoms with E-state index in [1.54, 1.807) is 0 Å². The fraction of sp³-hybridized carbons (Fsp3) is 0.143. The summed E-state index contributed by atoms with van der Waals surface area (Å²) in [5, 5.41) is 0. The fourth-order valence-electron chi connectivity index (χ4n) is 0.693. The summed E-state index contributed by atoms with van der Waals surface area (Å²) >= 11 is -2.97. The van der Waals surface area contributed by atoms with Crippen LogP contribution in [0.5, 0.6) is 0 Å². The predicted molar refractivity (Wildman–Crippen MR) is 39.9 cm³/mol. The second-order valence-corrected chi connectivity index (χ2v) is 3.37. The third kappa shape index (κ3) is 3.39. The topological polar surface area (TPSA) is 46.5 Å². The van der Waals surface area contributed by atoms with E-state index in [-0.39, 0.29) is 6.61 Å². The molecule has 0 saturated heterocycles. The minimum absolute atomic E-state index is 0.214. The normalized spacial score (nSPS) is 12.8. The van der Waals surface area contributed by atoms with Crippen LogP contribution in [0.25, 0.3) is 0 Å². The van der Waals surface area contributed by atoms with E-state index in [0.717, 1.165) is 5.56 Å². The molecule has 0 spiro atoms. The van der Waals surface area contributed by atoms with Gasteiger partial charge >= 0.3 is 68.8 Å². The second-order valence-electron chi connectivity index (χ2n) is 1.96. The van der Waals surface area contributed by atoms with Crippen LogP contribution < -0.4 is 0 Å². The van der Waals surface area contributed by atoms with Crippen LogP contribution in [-0.4, -0.2) is 18.7 Å². The fourth-order valence-corrected chi connectivity index (χ4v) is 1.19. The Balaban J connectivity index is 2.45. The van der Waals surface area contributed by atoms with Crippen molar-refractivity contribution in [2.24, 2.45) is 0 Å². The van der Waals surface area contributed by atoms with E-state index in [1.807, 2.05) is 30.3 Å². The van der Waals surface area contributed by atoms with Gasteiger partial charge in [-0.25, -0.2) is 0 Å². The van der Waals surface area contributed by atoms with Crippen molar-refractivity contribution in [1.82, 2.24) is 0 Å².